The molecule has 2 aromatic heterocycles. The highest BCUT2D eigenvalue weighted by atomic mass is 16.2. The molecule has 0 amide bonds. The summed E-state index contributed by atoms with van der Waals surface area (Å²) < 4.78 is 4.74. The molecule has 0 aliphatic heterocycles. The van der Waals surface area contributed by atoms with Crippen molar-refractivity contribution >= 4 is 11.2 Å². The minimum atomic E-state index is -0.249. The maximum Gasteiger partial charge on any atom is 0.332 e. The first-order valence-electron chi connectivity index (χ1n) is 7.95. The third kappa shape index (κ3) is 2.91. The minimum Gasteiger partial charge on any atom is -0.321 e. The van der Waals surface area contributed by atoms with E-state index in [-0.39, 0.29) is 11.2 Å². The Morgan fingerprint density at radius 3 is 2.36 bits per heavy atom. The van der Waals surface area contributed by atoms with Crippen LogP contribution in [0, 0.1) is 0 Å². The Hall–Kier alpha value is -2.11. The molecule has 22 heavy (non-hydrogen) atoms. The molecule has 6 heteroatoms. The van der Waals surface area contributed by atoms with Gasteiger partial charge in [-0.2, -0.15) is 0 Å². The molecule has 0 saturated carbocycles. The Bertz CT molecular complexity index is 767. The van der Waals surface area contributed by atoms with Crippen LogP contribution in [0.25, 0.3) is 11.2 Å². The van der Waals surface area contributed by atoms with Gasteiger partial charge in [0.15, 0.2) is 11.2 Å². The summed E-state index contributed by atoms with van der Waals surface area (Å²) in [5, 5.41) is 0. The van der Waals surface area contributed by atoms with Gasteiger partial charge in [-0.05, 0) is 12.8 Å². The lowest BCUT2D eigenvalue weighted by atomic mass is 10.3. The summed E-state index contributed by atoms with van der Waals surface area (Å²) in [7, 11) is 0. The van der Waals surface area contributed by atoms with Crippen molar-refractivity contribution in [3.8, 4) is 0 Å². The highest BCUT2D eigenvalue weighted by Gasteiger charge is 2.17. The summed E-state index contributed by atoms with van der Waals surface area (Å²) in [4.78, 5) is 29.6. The average molecular weight is 304 g/mol. The van der Waals surface area contributed by atoms with E-state index in [1.165, 1.54) is 4.57 Å². The molecule has 0 bridgehead atoms. The Labute approximate surface area is 129 Å². The van der Waals surface area contributed by atoms with Gasteiger partial charge in [0, 0.05) is 19.6 Å². The standard InChI is InChI=1S/C16H24N4O2/c1-4-7-10-19-14-13(18(9-6-3)12-17-14)15(21)20(16(19)22)11-8-5-2/h6,12H,3-5,7-11H2,1-2H3. The molecule has 2 aromatic rings. The number of unbranched alkanes of at least 4 members (excludes halogenated alkanes) is 2. The van der Waals surface area contributed by atoms with Gasteiger partial charge in [0.25, 0.3) is 5.56 Å². The molecule has 2 rings (SSSR count). The fourth-order valence-corrected chi connectivity index (χ4v) is 2.55. The number of rotatable bonds is 8. The van der Waals surface area contributed by atoms with Crippen LogP contribution in [-0.2, 0) is 19.6 Å². The van der Waals surface area contributed by atoms with Crippen LogP contribution < -0.4 is 11.2 Å². The second-order valence-corrected chi connectivity index (χ2v) is 5.46. The predicted molar refractivity (Wildman–Crippen MR) is 88.3 cm³/mol. The number of hydrogen-bond acceptors (Lipinski definition) is 3. The zero-order valence-electron chi connectivity index (χ0n) is 13.4. The molecule has 0 fully saturated rings. The number of nitrogens with zero attached hydrogens (tertiary/aromatic N) is 4. The highest BCUT2D eigenvalue weighted by molar-refractivity contribution is 5.70. The Kier molecular flexibility index (Phi) is 5.35. The third-order valence-corrected chi connectivity index (χ3v) is 3.78. The zero-order chi connectivity index (χ0) is 16.1. The molecule has 6 nitrogen and oxygen atoms in total. The fourth-order valence-electron chi connectivity index (χ4n) is 2.55. The van der Waals surface area contributed by atoms with Gasteiger partial charge in [-0.25, -0.2) is 9.78 Å². The summed E-state index contributed by atoms with van der Waals surface area (Å²) in [6, 6.07) is 0. The van der Waals surface area contributed by atoms with E-state index in [0.717, 1.165) is 25.7 Å². The second-order valence-electron chi connectivity index (χ2n) is 5.46. The van der Waals surface area contributed by atoms with E-state index < -0.39 is 0 Å². The molecular formula is C16H24N4O2. The predicted octanol–water partition coefficient (Wildman–Crippen LogP) is 2.15. The number of aromatic nitrogens is 4. The monoisotopic (exact) mass is 304 g/mol. The summed E-state index contributed by atoms with van der Waals surface area (Å²) >= 11 is 0. The molecule has 0 unspecified atom stereocenters. The van der Waals surface area contributed by atoms with Crippen molar-refractivity contribution in [3.63, 3.8) is 0 Å². The first-order chi connectivity index (χ1) is 10.7. The van der Waals surface area contributed by atoms with E-state index in [1.54, 1.807) is 21.5 Å². The van der Waals surface area contributed by atoms with Crippen molar-refractivity contribution in [3.05, 3.63) is 39.8 Å². The molecule has 0 aromatic carbocycles. The van der Waals surface area contributed by atoms with Crippen LogP contribution >= 0.6 is 0 Å². The zero-order valence-corrected chi connectivity index (χ0v) is 13.4. The summed E-state index contributed by atoms with van der Waals surface area (Å²) in [6.45, 7) is 9.37. The molecule has 120 valence electrons. The first-order valence-corrected chi connectivity index (χ1v) is 7.95. The van der Waals surface area contributed by atoms with Gasteiger partial charge >= 0.3 is 5.69 Å². The normalized spacial score (nSPS) is 11.2. The molecule has 2 heterocycles. The Morgan fingerprint density at radius 2 is 1.77 bits per heavy atom. The van der Waals surface area contributed by atoms with Crippen LogP contribution in [0.5, 0.6) is 0 Å². The maximum absolute atomic E-state index is 12.7. The van der Waals surface area contributed by atoms with E-state index in [0.29, 0.717) is 30.8 Å². The van der Waals surface area contributed by atoms with Crippen molar-refractivity contribution in [1.82, 2.24) is 18.7 Å². The average Bonchev–Trinajstić information content (AvgIpc) is 2.91. The van der Waals surface area contributed by atoms with Crippen LogP contribution in [-0.4, -0.2) is 18.7 Å². The molecule has 0 aliphatic rings. The number of aryl methyl sites for hydroxylation is 1. The third-order valence-electron chi connectivity index (χ3n) is 3.78. The minimum absolute atomic E-state index is 0.247. The van der Waals surface area contributed by atoms with Crippen molar-refractivity contribution in [2.24, 2.45) is 0 Å². The summed E-state index contributed by atoms with van der Waals surface area (Å²) in [5.74, 6) is 0. The lowest BCUT2D eigenvalue weighted by Crippen LogP contribution is -2.40. The van der Waals surface area contributed by atoms with Crippen LogP contribution in [0.15, 0.2) is 28.6 Å². The molecule has 0 aliphatic carbocycles. The largest absolute Gasteiger partial charge is 0.332 e. The number of imidazole rings is 1. The van der Waals surface area contributed by atoms with E-state index in [4.69, 9.17) is 0 Å². The van der Waals surface area contributed by atoms with Gasteiger partial charge in [-0.1, -0.05) is 32.8 Å². The number of hydrogen-bond donors (Lipinski definition) is 0. The van der Waals surface area contributed by atoms with Crippen LogP contribution in [0.2, 0.25) is 0 Å². The van der Waals surface area contributed by atoms with Crippen LogP contribution in [0.1, 0.15) is 39.5 Å². The van der Waals surface area contributed by atoms with Crippen molar-refractivity contribution in [1.29, 1.82) is 0 Å². The van der Waals surface area contributed by atoms with Crippen LogP contribution in [0.3, 0.4) is 0 Å². The van der Waals surface area contributed by atoms with Gasteiger partial charge in [-0.15, -0.1) is 6.58 Å². The molecule has 0 radical (unpaired) electrons. The quantitative estimate of drug-likeness (QED) is 0.702. The molecule has 0 N–H and O–H groups in total. The molecule has 0 spiro atoms. The summed E-state index contributed by atoms with van der Waals surface area (Å²) in [5.41, 5.74) is 0.480. The van der Waals surface area contributed by atoms with Crippen molar-refractivity contribution < 1.29 is 0 Å². The van der Waals surface area contributed by atoms with E-state index >= 15 is 0 Å². The summed E-state index contributed by atoms with van der Waals surface area (Å²) in [6.07, 6.45) is 6.94. The molecule has 0 atom stereocenters. The smallest absolute Gasteiger partial charge is 0.321 e. The Morgan fingerprint density at radius 1 is 1.14 bits per heavy atom. The first kappa shape index (κ1) is 16.3. The number of fused-ring (bicyclic) bond motifs is 1. The van der Waals surface area contributed by atoms with Crippen LogP contribution in [0.4, 0.5) is 0 Å². The highest BCUT2D eigenvalue weighted by Crippen LogP contribution is 2.08. The van der Waals surface area contributed by atoms with E-state index in [2.05, 4.69) is 18.5 Å². The van der Waals surface area contributed by atoms with Gasteiger partial charge in [0.2, 0.25) is 0 Å². The van der Waals surface area contributed by atoms with Crippen molar-refractivity contribution in [2.45, 2.75) is 59.2 Å². The Balaban J connectivity index is 2.71. The fraction of sp³-hybridized carbons (Fsp3) is 0.562. The van der Waals surface area contributed by atoms with Crippen molar-refractivity contribution in [2.75, 3.05) is 0 Å². The topological polar surface area (TPSA) is 61.8 Å². The van der Waals surface area contributed by atoms with E-state index in [9.17, 15) is 9.59 Å². The maximum atomic E-state index is 12.7. The number of allylic oxidation sites excluding steroid dienone is 1. The lowest BCUT2D eigenvalue weighted by molar-refractivity contribution is 0.529. The van der Waals surface area contributed by atoms with E-state index in [1.807, 2.05) is 6.92 Å². The van der Waals surface area contributed by atoms with Gasteiger partial charge in [0.1, 0.15) is 0 Å². The van der Waals surface area contributed by atoms with Gasteiger partial charge < -0.3 is 4.57 Å². The SMILES string of the molecule is C=CCn1cnc2c1c(=O)n(CCCC)c(=O)n2CCCC. The second kappa shape index (κ2) is 7.24. The molecule has 0 saturated heterocycles. The molecular weight excluding hydrogens is 280 g/mol. The van der Waals surface area contributed by atoms with Gasteiger partial charge in [-0.3, -0.25) is 13.9 Å². The lowest BCUT2D eigenvalue weighted by Gasteiger charge is -2.11. The van der Waals surface area contributed by atoms with Gasteiger partial charge in [0.05, 0.1) is 6.33 Å².